The summed E-state index contributed by atoms with van der Waals surface area (Å²) in [5, 5.41) is 0. The summed E-state index contributed by atoms with van der Waals surface area (Å²) >= 11 is 0. The molecule has 2 nitrogen and oxygen atoms in total. The summed E-state index contributed by atoms with van der Waals surface area (Å²) in [6.07, 6.45) is 22.0. The zero-order chi connectivity index (χ0) is 17.5. The molecular formula is C23H38N2. The number of hydrogen-bond acceptors (Lipinski definition) is 2. The maximum Gasteiger partial charge on any atom is 0.128 e. The standard InChI is InChI=1S/C23H38N2/c1-3-5-19-10-13-21(14-11-19)22-16-24-23(25-17-22)15-12-20-8-6-18(4-2)7-9-20/h16-21H,3-15H2,1-2H3/t18-,19-,20-,21-. The Kier molecular flexibility index (Phi) is 7.31. The summed E-state index contributed by atoms with van der Waals surface area (Å²) in [5.41, 5.74) is 1.39. The quantitative estimate of drug-likeness (QED) is 0.551. The first-order valence-corrected chi connectivity index (χ1v) is 11.1. The van der Waals surface area contributed by atoms with E-state index in [0.29, 0.717) is 5.92 Å². The van der Waals surface area contributed by atoms with Crippen molar-refractivity contribution in [1.82, 2.24) is 9.97 Å². The lowest BCUT2D eigenvalue weighted by atomic mass is 9.78. The molecule has 2 aliphatic carbocycles. The molecule has 2 fully saturated rings. The third-order valence-electron chi connectivity index (χ3n) is 7.06. The minimum atomic E-state index is 0.714. The molecule has 0 bridgehead atoms. The minimum absolute atomic E-state index is 0.714. The van der Waals surface area contributed by atoms with Gasteiger partial charge in [-0.25, -0.2) is 9.97 Å². The van der Waals surface area contributed by atoms with Crippen LogP contribution in [0.5, 0.6) is 0 Å². The van der Waals surface area contributed by atoms with E-state index in [4.69, 9.17) is 9.97 Å². The molecule has 1 aromatic heterocycles. The van der Waals surface area contributed by atoms with E-state index in [9.17, 15) is 0 Å². The molecule has 0 N–H and O–H groups in total. The zero-order valence-corrected chi connectivity index (χ0v) is 16.6. The van der Waals surface area contributed by atoms with Crippen LogP contribution in [-0.2, 0) is 6.42 Å². The molecule has 2 aliphatic rings. The van der Waals surface area contributed by atoms with Gasteiger partial charge in [-0.05, 0) is 61.3 Å². The van der Waals surface area contributed by atoms with Gasteiger partial charge < -0.3 is 0 Å². The molecule has 25 heavy (non-hydrogen) atoms. The van der Waals surface area contributed by atoms with Crippen molar-refractivity contribution in [2.75, 3.05) is 0 Å². The maximum absolute atomic E-state index is 4.71. The Hall–Kier alpha value is -0.920. The van der Waals surface area contributed by atoms with E-state index in [2.05, 4.69) is 26.2 Å². The fraction of sp³-hybridized carbons (Fsp3) is 0.826. The van der Waals surface area contributed by atoms with Gasteiger partial charge in [0.25, 0.3) is 0 Å². The third-order valence-corrected chi connectivity index (χ3v) is 7.06. The lowest BCUT2D eigenvalue weighted by Crippen LogP contribution is -2.15. The molecule has 2 saturated carbocycles. The molecule has 0 radical (unpaired) electrons. The van der Waals surface area contributed by atoms with Gasteiger partial charge in [-0.2, -0.15) is 0 Å². The van der Waals surface area contributed by atoms with E-state index in [1.165, 1.54) is 82.6 Å². The highest BCUT2D eigenvalue weighted by Crippen LogP contribution is 2.37. The summed E-state index contributed by atoms with van der Waals surface area (Å²) in [6, 6.07) is 0. The molecule has 1 heterocycles. The predicted molar refractivity (Wildman–Crippen MR) is 106 cm³/mol. The second-order valence-electron chi connectivity index (χ2n) is 8.77. The minimum Gasteiger partial charge on any atom is -0.241 e. The van der Waals surface area contributed by atoms with E-state index in [-0.39, 0.29) is 0 Å². The molecule has 0 saturated heterocycles. The number of aryl methyl sites for hydroxylation is 1. The van der Waals surface area contributed by atoms with Crippen LogP contribution in [0.3, 0.4) is 0 Å². The highest BCUT2D eigenvalue weighted by atomic mass is 14.9. The number of rotatable bonds is 7. The van der Waals surface area contributed by atoms with Crippen molar-refractivity contribution in [3.05, 3.63) is 23.8 Å². The SMILES string of the molecule is CCC[C@H]1CC[C@H](c2cnc(CC[C@H]3CC[C@H](CC)CC3)nc2)CC1. The fourth-order valence-electron chi connectivity index (χ4n) is 5.16. The Morgan fingerprint density at radius 2 is 1.32 bits per heavy atom. The van der Waals surface area contributed by atoms with Crippen molar-refractivity contribution in [3.8, 4) is 0 Å². The second-order valence-corrected chi connectivity index (χ2v) is 8.77. The molecule has 2 heteroatoms. The molecule has 0 unspecified atom stereocenters. The van der Waals surface area contributed by atoms with Crippen LogP contribution in [0.4, 0.5) is 0 Å². The van der Waals surface area contributed by atoms with Crippen LogP contribution in [0.25, 0.3) is 0 Å². The van der Waals surface area contributed by atoms with E-state index in [1.54, 1.807) is 0 Å². The summed E-state index contributed by atoms with van der Waals surface area (Å²) < 4.78 is 0. The van der Waals surface area contributed by atoms with E-state index in [1.807, 2.05) is 0 Å². The molecular weight excluding hydrogens is 304 g/mol. The van der Waals surface area contributed by atoms with E-state index < -0.39 is 0 Å². The molecule has 0 amide bonds. The Balaban J connectivity index is 1.42. The molecule has 140 valence electrons. The van der Waals surface area contributed by atoms with E-state index in [0.717, 1.165) is 30.0 Å². The molecule has 0 spiro atoms. The normalized spacial score (nSPS) is 30.3. The number of aromatic nitrogens is 2. The maximum atomic E-state index is 4.71. The summed E-state index contributed by atoms with van der Waals surface area (Å²) in [5.74, 6) is 4.68. The van der Waals surface area contributed by atoms with Gasteiger partial charge in [0.2, 0.25) is 0 Å². The fourth-order valence-corrected chi connectivity index (χ4v) is 5.16. The second kappa shape index (κ2) is 9.69. The molecule has 0 aromatic carbocycles. The summed E-state index contributed by atoms with van der Waals surface area (Å²) in [6.45, 7) is 4.66. The van der Waals surface area contributed by atoms with Crippen molar-refractivity contribution in [3.63, 3.8) is 0 Å². The average Bonchev–Trinajstić information content (AvgIpc) is 2.68. The monoisotopic (exact) mass is 342 g/mol. The highest BCUT2D eigenvalue weighted by Gasteiger charge is 2.23. The number of hydrogen-bond donors (Lipinski definition) is 0. The van der Waals surface area contributed by atoms with Gasteiger partial charge in [-0.15, -0.1) is 0 Å². The van der Waals surface area contributed by atoms with Crippen molar-refractivity contribution >= 4 is 0 Å². The first-order valence-electron chi connectivity index (χ1n) is 11.1. The van der Waals surface area contributed by atoms with Crippen molar-refractivity contribution in [1.29, 1.82) is 0 Å². The first-order chi connectivity index (χ1) is 12.3. The van der Waals surface area contributed by atoms with Crippen LogP contribution >= 0.6 is 0 Å². The Morgan fingerprint density at radius 3 is 1.92 bits per heavy atom. The first kappa shape index (κ1) is 18.9. The lowest BCUT2D eigenvalue weighted by Gasteiger charge is -2.28. The molecule has 0 aliphatic heterocycles. The van der Waals surface area contributed by atoms with Crippen molar-refractivity contribution in [2.24, 2.45) is 17.8 Å². The van der Waals surface area contributed by atoms with Gasteiger partial charge in [0.1, 0.15) is 5.82 Å². The van der Waals surface area contributed by atoms with E-state index >= 15 is 0 Å². The smallest absolute Gasteiger partial charge is 0.128 e. The Morgan fingerprint density at radius 1 is 0.760 bits per heavy atom. The lowest BCUT2D eigenvalue weighted by molar-refractivity contribution is 0.258. The third kappa shape index (κ3) is 5.53. The van der Waals surface area contributed by atoms with Crippen LogP contribution in [0.1, 0.15) is 108 Å². The zero-order valence-electron chi connectivity index (χ0n) is 16.6. The van der Waals surface area contributed by atoms with Gasteiger partial charge in [-0.3, -0.25) is 0 Å². The highest BCUT2D eigenvalue weighted by molar-refractivity contribution is 5.12. The van der Waals surface area contributed by atoms with Gasteiger partial charge in [0, 0.05) is 18.8 Å². The van der Waals surface area contributed by atoms with Gasteiger partial charge >= 0.3 is 0 Å². The Labute approximate surface area is 155 Å². The predicted octanol–water partition coefficient (Wildman–Crippen LogP) is 6.70. The van der Waals surface area contributed by atoms with Crippen molar-refractivity contribution in [2.45, 2.75) is 103 Å². The topological polar surface area (TPSA) is 25.8 Å². The summed E-state index contributed by atoms with van der Waals surface area (Å²) in [7, 11) is 0. The Bertz CT molecular complexity index is 479. The van der Waals surface area contributed by atoms with Crippen LogP contribution in [0.15, 0.2) is 12.4 Å². The van der Waals surface area contributed by atoms with Gasteiger partial charge in [0.05, 0.1) is 0 Å². The van der Waals surface area contributed by atoms with Gasteiger partial charge in [-0.1, -0.05) is 58.8 Å². The van der Waals surface area contributed by atoms with Crippen LogP contribution < -0.4 is 0 Å². The average molecular weight is 343 g/mol. The van der Waals surface area contributed by atoms with Gasteiger partial charge in [0.15, 0.2) is 0 Å². The van der Waals surface area contributed by atoms with Crippen LogP contribution in [0.2, 0.25) is 0 Å². The molecule has 0 atom stereocenters. The van der Waals surface area contributed by atoms with Crippen LogP contribution in [0, 0.1) is 17.8 Å². The molecule has 1 aromatic rings. The largest absolute Gasteiger partial charge is 0.241 e. The molecule has 3 rings (SSSR count). The van der Waals surface area contributed by atoms with Crippen LogP contribution in [-0.4, -0.2) is 9.97 Å². The number of nitrogens with zero attached hydrogens (tertiary/aromatic N) is 2. The van der Waals surface area contributed by atoms with Crippen molar-refractivity contribution < 1.29 is 0 Å². The summed E-state index contributed by atoms with van der Waals surface area (Å²) in [4.78, 5) is 9.43.